The second-order valence-corrected chi connectivity index (χ2v) is 5.75. The highest BCUT2D eigenvalue weighted by Gasteiger charge is 2.23. The van der Waals surface area contributed by atoms with E-state index in [2.05, 4.69) is 12.2 Å². The zero-order valence-corrected chi connectivity index (χ0v) is 12.0. The monoisotopic (exact) mass is 281 g/mol. The lowest BCUT2D eigenvalue weighted by Crippen LogP contribution is -2.36. The van der Waals surface area contributed by atoms with Crippen LogP contribution < -0.4 is 5.32 Å². The van der Waals surface area contributed by atoms with Crippen molar-refractivity contribution in [2.75, 3.05) is 13.2 Å². The fourth-order valence-corrected chi connectivity index (χ4v) is 2.25. The molecule has 0 saturated heterocycles. The fraction of sp³-hybridized carbons (Fsp3) is 0.625. The van der Waals surface area contributed by atoms with Gasteiger partial charge in [-0.2, -0.15) is 0 Å². The van der Waals surface area contributed by atoms with Crippen LogP contribution >= 0.6 is 0 Å². The van der Waals surface area contributed by atoms with Crippen molar-refractivity contribution in [2.24, 2.45) is 5.92 Å². The maximum absolute atomic E-state index is 13.3. The van der Waals surface area contributed by atoms with E-state index in [1.165, 1.54) is 25.3 Å². The molecule has 0 heterocycles. The topological polar surface area (TPSA) is 41.5 Å². The van der Waals surface area contributed by atoms with E-state index in [1.807, 2.05) is 0 Å². The molecule has 0 aromatic heterocycles. The van der Waals surface area contributed by atoms with Crippen molar-refractivity contribution in [3.05, 3.63) is 35.6 Å². The van der Waals surface area contributed by atoms with E-state index in [0.29, 0.717) is 18.2 Å². The van der Waals surface area contributed by atoms with E-state index in [-0.39, 0.29) is 19.0 Å². The first kappa shape index (κ1) is 15.4. The van der Waals surface area contributed by atoms with Crippen LogP contribution in [0.1, 0.15) is 31.7 Å². The number of ether oxygens (including phenoxy) is 1. The minimum atomic E-state index is -0.552. The summed E-state index contributed by atoms with van der Waals surface area (Å²) in [6.07, 6.45) is 3.33. The van der Waals surface area contributed by atoms with Gasteiger partial charge in [0.2, 0.25) is 0 Å². The van der Waals surface area contributed by atoms with Crippen LogP contribution in [0.25, 0.3) is 0 Å². The predicted molar refractivity (Wildman–Crippen MR) is 76.9 cm³/mol. The summed E-state index contributed by atoms with van der Waals surface area (Å²) in [4.78, 5) is 0. The molecule has 2 rings (SSSR count). The number of rotatable bonds is 9. The fourth-order valence-electron chi connectivity index (χ4n) is 2.25. The normalized spacial score (nSPS) is 17.9. The number of aliphatic hydroxyl groups excluding tert-OH is 1. The van der Waals surface area contributed by atoms with Gasteiger partial charge in [0.25, 0.3) is 0 Å². The molecule has 0 amide bonds. The third-order valence-corrected chi connectivity index (χ3v) is 3.61. The van der Waals surface area contributed by atoms with Crippen LogP contribution in [0.5, 0.6) is 0 Å². The Morgan fingerprint density at radius 3 is 2.85 bits per heavy atom. The predicted octanol–water partition coefficient (Wildman–Crippen LogP) is 2.48. The molecule has 3 nitrogen and oxygen atoms in total. The molecule has 20 heavy (non-hydrogen) atoms. The first-order valence-electron chi connectivity index (χ1n) is 7.37. The molecule has 112 valence electrons. The van der Waals surface area contributed by atoms with Gasteiger partial charge in [0.15, 0.2) is 0 Å². The number of hydrogen-bond acceptors (Lipinski definition) is 3. The molecular formula is C16H24FNO2. The smallest absolute Gasteiger partial charge is 0.128 e. The maximum atomic E-state index is 13.3. The summed E-state index contributed by atoms with van der Waals surface area (Å²) >= 11 is 0. The van der Waals surface area contributed by atoms with E-state index in [4.69, 9.17) is 4.74 Å². The Bertz CT molecular complexity index is 409. The van der Waals surface area contributed by atoms with Gasteiger partial charge in [-0.05, 0) is 25.3 Å². The van der Waals surface area contributed by atoms with Crippen LogP contribution in [0.15, 0.2) is 24.3 Å². The molecular weight excluding hydrogens is 257 g/mol. The molecule has 1 aromatic carbocycles. The van der Waals surface area contributed by atoms with Gasteiger partial charge in [0.05, 0.1) is 19.3 Å². The van der Waals surface area contributed by atoms with Crippen molar-refractivity contribution in [3.63, 3.8) is 0 Å². The number of nitrogens with one attached hydrogen (secondary N) is 1. The second-order valence-electron chi connectivity index (χ2n) is 5.75. The van der Waals surface area contributed by atoms with Crippen molar-refractivity contribution in [2.45, 2.75) is 44.9 Å². The van der Waals surface area contributed by atoms with Gasteiger partial charge in [-0.15, -0.1) is 0 Å². The van der Waals surface area contributed by atoms with Crippen molar-refractivity contribution < 1.29 is 14.2 Å². The maximum Gasteiger partial charge on any atom is 0.128 e. The van der Waals surface area contributed by atoms with Crippen LogP contribution in [0.4, 0.5) is 4.39 Å². The lowest BCUT2D eigenvalue weighted by Gasteiger charge is -2.17. The highest BCUT2D eigenvalue weighted by Crippen LogP contribution is 2.33. The molecule has 2 N–H and O–H groups in total. The molecule has 1 saturated carbocycles. The van der Waals surface area contributed by atoms with Crippen LogP contribution in [0, 0.1) is 11.7 Å². The molecule has 2 atom stereocenters. The lowest BCUT2D eigenvalue weighted by molar-refractivity contribution is 0.0267. The van der Waals surface area contributed by atoms with Gasteiger partial charge in [0, 0.05) is 18.2 Å². The Balaban J connectivity index is 1.57. The van der Waals surface area contributed by atoms with Gasteiger partial charge in [0.1, 0.15) is 5.82 Å². The minimum Gasteiger partial charge on any atom is -0.389 e. The average molecular weight is 281 g/mol. The zero-order valence-electron chi connectivity index (χ0n) is 12.0. The Morgan fingerprint density at radius 2 is 2.15 bits per heavy atom. The van der Waals surface area contributed by atoms with Gasteiger partial charge in [-0.1, -0.05) is 31.0 Å². The van der Waals surface area contributed by atoms with Gasteiger partial charge < -0.3 is 15.2 Å². The summed E-state index contributed by atoms with van der Waals surface area (Å²) < 4.78 is 18.7. The van der Waals surface area contributed by atoms with Crippen LogP contribution in [0.3, 0.4) is 0 Å². The summed E-state index contributed by atoms with van der Waals surface area (Å²) in [5.74, 6) is 0.616. The Hall–Kier alpha value is -0.970. The van der Waals surface area contributed by atoms with Gasteiger partial charge >= 0.3 is 0 Å². The molecule has 1 aliphatic rings. The summed E-state index contributed by atoms with van der Waals surface area (Å²) in [5, 5.41) is 13.1. The minimum absolute atomic E-state index is 0.196. The molecule has 0 bridgehead atoms. The average Bonchev–Trinajstić information content (AvgIpc) is 3.22. The molecule has 1 aromatic rings. The summed E-state index contributed by atoms with van der Waals surface area (Å²) in [6, 6.07) is 6.97. The molecule has 0 spiro atoms. The number of benzene rings is 1. The van der Waals surface area contributed by atoms with Crippen molar-refractivity contribution >= 4 is 0 Å². The van der Waals surface area contributed by atoms with Crippen LogP contribution in [-0.4, -0.2) is 30.4 Å². The van der Waals surface area contributed by atoms with E-state index in [1.54, 1.807) is 18.2 Å². The molecule has 1 fully saturated rings. The van der Waals surface area contributed by atoms with E-state index in [9.17, 15) is 9.50 Å². The first-order valence-corrected chi connectivity index (χ1v) is 7.37. The van der Waals surface area contributed by atoms with E-state index in [0.717, 1.165) is 5.92 Å². The van der Waals surface area contributed by atoms with Crippen LogP contribution in [-0.2, 0) is 11.3 Å². The number of halogens is 1. The third-order valence-electron chi connectivity index (χ3n) is 3.61. The largest absolute Gasteiger partial charge is 0.389 e. The SMILES string of the molecule is CC(CC1CC1)NCC(O)COCc1ccccc1F. The summed E-state index contributed by atoms with van der Waals surface area (Å²) in [7, 11) is 0. The summed E-state index contributed by atoms with van der Waals surface area (Å²) in [5.41, 5.74) is 0.523. The van der Waals surface area contributed by atoms with Crippen molar-refractivity contribution in [1.29, 1.82) is 0 Å². The molecule has 0 radical (unpaired) electrons. The lowest BCUT2D eigenvalue weighted by atomic mass is 10.1. The van der Waals surface area contributed by atoms with Gasteiger partial charge in [-0.3, -0.25) is 0 Å². The van der Waals surface area contributed by atoms with Crippen molar-refractivity contribution in [3.8, 4) is 0 Å². The van der Waals surface area contributed by atoms with E-state index < -0.39 is 6.10 Å². The number of aliphatic hydroxyl groups is 1. The Kier molecular flexibility index (Phi) is 5.95. The molecule has 4 heteroatoms. The summed E-state index contributed by atoms with van der Waals surface area (Å²) in [6.45, 7) is 3.08. The Labute approximate surface area is 120 Å². The highest BCUT2D eigenvalue weighted by molar-refractivity contribution is 5.16. The second kappa shape index (κ2) is 7.72. The first-order chi connectivity index (χ1) is 9.65. The zero-order chi connectivity index (χ0) is 14.4. The molecule has 2 unspecified atom stereocenters. The molecule has 1 aliphatic carbocycles. The van der Waals surface area contributed by atoms with Crippen molar-refractivity contribution in [1.82, 2.24) is 5.32 Å². The van der Waals surface area contributed by atoms with Crippen LogP contribution in [0.2, 0.25) is 0 Å². The number of hydrogen-bond donors (Lipinski definition) is 2. The van der Waals surface area contributed by atoms with Gasteiger partial charge in [-0.25, -0.2) is 4.39 Å². The quantitative estimate of drug-likeness (QED) is 0.730. The Morgan fingerprint density at radius 1 is 1.40 bits per heavy atom. The molecule has 0 aliphatic heterocycles. The third kappa shape index (κ3) is 5.57. The standard InChI is InChI=1S/C16H24FNO2/c1-12(8-13-6-7-13)18-9-15(19)11-20-10-14-4-2-3-5-16(14)17/h2-5,12-13,15,18-19H,6-11H2,1H3. The highest BCUT2D eigenvalue weighted by atomic mass is 19.1. The van der Waals surface area contributed by atoms with E-state index >= 15 is 0 Å².